The molecule has 3 heterocycles. The molecule has 0 aliphatic carbocycles. The standard InChI is InChI=1S/C25H22Cl2N6O2S2/c26-15-6-5-7-16(12-15)33-22(17-8-1-2-9-18(17)27)31-32-25(33)37-14-21-29-20(13-36-21)24(35)30-19-10-3-4-11-28-23(19)34/h1-2,5-9,12-13,19H,3-4,10-11,14H2,(H,28,34)(H,30,35)/t19-/m0/s1. The minimum atomic E-state index is -0.533. The number of aromatic nitrogens is 4. The van der Waals surface area contributed by atoms with Crippen molar-refractivity contribution in [3.8, 4) is 17.1 Å². The van der Waals surface area contributed by atoms with Crippen LogP contribution in [0, 0.1) is 0 Å². The van der Waals surface area contributed by atoms with Gasteiger partial charge in [-0.2, -0.15) is 0 Å². The zero-order chi connectivity index (χ0) is 25.8. The van der Waals surface area contributed by atoms with Crippen molar-refractivity contribution in [1.82, 2.24) is 30.4 Å². The number of hydrogen-bond donors (Lipinski definition) is 2. The van der Waals surface area contributed by atoms with E-state index in [0.717, 1.165) is 29.1 Å². The van der Waals surface area contributed by atoms with Gasteiger partial charge in [0.25, 0.3) is 5.91 Å². The molecule has 1 aliphatic rings. The molecule has 0 radical (unpaired) electrons. The van der Waals surface area contributed by atoms with E-state index in [0.29, 0.717) is 45.4 Å². The fraction of sp³-hybridized carbons (Fsp3) is 0.240. The molecular weight excluding hydrogens is 551 g/mol. The number of amides is 2. The number of halogens is 2. The molecule has 190 valence electrons. The lowest BCUT2D eigenvalue weighted by atomic mass is 10.1. The lowest BCUT2D eigenvalue weighted by molar-refractivity contribution is -0.122. The van der Waals surface area contributed by atoms with Crippen LogP contribution >= 0.6 is 46.3 Å². The fourth-order valence-corrected chi connectivity index (χ4v) is 6.09. The second kappa shape index (κ2) is 11.6. The SMILES string of the molecule is O=C(N[C@H]1CCCCNC1=O)c1csc(CSc2nnc(-c3ccccc3Cl)n2-c2cccc(Cl)c2)n1. The fourth-order valence-electron chi connectivity index (χ4n) is 3.95. The highest BCUT2D eigenvalue weighted by molar-refractivity contribution is 7.98. The molecule has 0 saturated carbocycles. The maximum atomic E-state index is 12.7. The summed E-state index contributed by atoms with van der Waals surface area (Å²) in [5.41, 5.74) is 1.85. The summed E-state index contributed by atoms with van der Waals surface area (Å²) in [6, 6.07) is 14.4. The molecule has 2 aromatic carbocycles. The van der Waals surface area contributed by atoms with E-state index < -0.39 is 6.04 Å². The van der Waals surface area contributed by atoms with E-state index in [1.165, 1.54) is 23.1 Å². The smallest absolute Gasteiger partial charge is 0.271 e. The van der Waals surface area contributed by atoms with E-state index in [-0.39, 0.29) is 11.8 Å². The Kier molecular flexibility index (Phi) is 8.09. The Bertz CT molecular complexity index is 1440. The van der Waals surface area contributed by atoms with Crippen LogP contribution in [0.1, 0.15) is 34.8 Å². The van der Waals surface area contributed by atoms with Crippen molar-refractivity contribution in [1.29, 1.82) is 0 Å². The second-order valence-electron chi connectivity index (χ2n) is 8.33. The van der Waals surface area contributed by atoms with Crippen molar-refractivity contribution in [3.05, 3.63) is 74.7 Å². The highest BCUT2D eigenvalue weighted by atomic mass is 35.5. The molecule has 8 nitrogen and oxygen atoms in total. The third kappa shape index (κ3) is 5.98. The van der Waals surface area contributed by atoms with Gasteiger partial charge in [0.2, 0.25) is 5.91 Å². The van der Waals surface area contributed by atoms with Crippen LogP contribution in [-0.2, 0) is 10.5 Å². The van der Waals surface area contributed by atoms with Crippen molar-refractivity contribution >= 4 is 58.1 Å². The maximum absolute atomic E-state index is 12.7. The predicted molar refractivity (Wildman–Crippen MR) is 147 cm³/mol. The third-order valence-electron chi connectivity index (χ3n) is 5.76. The van der Waals surface area contributed by atoms with Crippen molar-refractivity contribution in [2.45, 2.75) is 36.2 Å². The normalized spacial score (nSPS) is 15.7. The zero-order valence-corrected chi connectivity index (χ0v) is 22.6. The van der Waals surface area contributed by atoms with Crippen molar-refractivity contribution in [2.24, 2.45) is 0 Å². The van der Waals surface area contributed by atoms with Crippen LogP contribution in [0.3, 0.4) is 0 Å². The van der Waals surface area contributed by atoms with Gasteiger partial charge in [0.05, 0.1) is 16.5 Å². The Balaban J connectivity index is 1.35. The van der Waals surface area contributed by atoms with E-state index in [4.69, 9.17) is 23.2 Å². The van der Waals surface area contributed by atoms with Gasteiger partial charge in [0.1, 0.15) is 16.7 Å². The van der Waals surface area contributed by atoms with Crippen LogP contribution in [0.2, 0.25) is 10.0 Å². The van der Waals surface area contributed by atoms with Crippen LogP contribution in [0.4, 0.5) is 0 Å². The Hall–Kier alpha value is -2.92. The van der Waals surface area contributed by atoms with Gasteiger partial charge in [-0.1, -0.05) is 53.2 Å². The van der Waals surface area contributed by atoms with Crippen LogP contribution in [0.5, 0.6) is 0 Å². The summed E-state index contributed by atoms with van der Waals surface area (Å²) in [6.07, 6.45) is 2.41. The van der Waals surface area contributed by atoms with Gasteiger partial charge in [-0.05, 0) is 49.6 Å². The largest absolute Gasteiger partial charge is 0.354 e. The molecule has 1 aliphatic heterocycles. The molecule has 2 amide bonds. The lowest BCUT2D eigenvalue weighted by Gasteiger charge is -2.14. The molecular formula is C25H22Cl2N6O2S2. The molecule has 5 rings (SSSR count). The number of carbonyl (C=O) groups excluding carboxylic acids is 2. The molecule has 0 spiro atoms. The predicted octanol–water partition coefficient (Wildman–Crippen LogP) is 5.39. The number of nitrogens with one attached hydrogen (secondary N) is 2. The minimum Gasteiger partial charge on any atom is -0.354 e. The van der Waals surface area contributed by atoms with Gasteiger partial charge in [-0.15, -0.1) is 21.5 Å². The summed E-state index contributed by atoms with van der Waals surface area (Å²) in [4.78, 5) is 29.4. The number of thiazole rings is 1. The average Bonchev–Trinajstić information content (AvgIpc) is 3.49. The minimum absolute atomic E-state index is 0.147. The van der Waals surface area contributed by atoms with Crippen LogP contribution in [-0.4, -0.2) is 44.1 Å². The Labute approximate surface area is 231 Å². The van der Waals surface area contributed by atoms with Crippen LogP contribution in [0.25, 0.3) is 17.1 Å². The number of nitrogens with zero attached hydrogens (tertiary/aromatic N) is 4. The molecule has 0 bridgehead atoms. The van der Waals surface area contributed by atoms with E-state index in [9.17, 15) is 9.59 Å². The summed E-state index contributed by atoms with van der Waals surface area (Å²) in [5, 5.41) is 18.7. The van der Waals surface area contributed by atoms with Crippen molar-refractivity contribution in [3.63, 3.8) is 0 Å². The first-order chi connectivity index (χ1) is 18.0. The van der Waals surface area contributed by atoms with Crippen LogP contribution < -0.4 is 10.6 Å². The summed E-state index contributed by atoms with van der Waals surface area (Å²) >= 11 is 15.6. The summed E-state index contributed by atoms with van der Waals surface area (Å²) in [5.74, 6) is 0.573. The first kappa shape index (κ1) is 25.7. The highest BCUT2D eigenvalue weighted by Crippen LogP contribution is 2.33. The molecule has 2 aromatic heterocycles. The Morgan fingerprint density at radius 1 is 1.16 bits per heavy atom. The van der Waals surface area contributed by atoms with Gasteiger partial charge >= 0.3 is 0 Å². The molecule has 2 N–H and O–H groups in total. The summed E-state index contributed by atoms with van der Waals surface area (Å²) < 4.78 is 1.91. The molecule has 0 unspecified atom stereocenters. The first-order valence-electron chi connectivity index (χ1n) is 11.6. The number of thioether (sulfide) groups is 1. The number of carbonyl (C=O) groups is 2. The monoisotopic (exact) mass is 572 g/mol. The topological polar surface area (TPSA) is 102 Å². The van der Waals surface area contributed by atoms with Crippen molar-refractivity contribution in [2.75, 3.05) is 6.54 Å². The Morgan fingerprint density at radius 3 is 2.86 bits per heavy atom. The quantitative estimate of drug-likeness (QED) is 0.288. The van der Waals surface area contributed by atoms with E-state index in [1.54, 1.807) is 11.4 Å². The Morgan fingerprint density at radius 2 is 2.03 bits per heavy atom. The maximum Gasteiger partial charge on any atom is 0.271 e. The molecule has 1 atom stereocenters. The van der Waals surface area contributed by atoms with Gasteiger partial charge in [0.15, 0.2) is 11.0 Å². The van der Waals surface area contributed by atoms with Gasteiger partial charge in [-0.25, -0.2) is 4.98 Å². The molecule has 1 saturated heterocycles. The van der Waals surface area contributed by atoms with E-state index in [2.05, 4.69) is 25.8 Å². The summed E-state index contributed by atoms with van der Waals surface area (Å²) in [7, 11) is 0. The summed E-state index contributed by atoms with van der Waals surface area (Å²) in [6.45, 7) is 0.640. The van der Waals surface area contributed by atoms with Gasteiger partial charge in [0, 0.05) is 22.5 Å². The van der Waals surface area contributed by atoms with E-state index in [1.807, 2.05) is 47.0 Å². The lowest BCUT2D eigenvalue weighted by Crippen LogP contribution is -2.45. The molecule has 12 heteroatoms. The third-order valence-corrected chi connectivity index (χ3v) is 8.30. The number of rotatable bonds is 7. The highest BCUT2D eigenvalue weighted by Gasteiger charge is 2.24. The zero-order valence-electron chi connectivity index (χ0n) is 19.5. The second-order valence-corrected chi connectivity index (χ2v) is 11.1. The molecule has 4 aromatic rings. The molecule has 1 fully saturated rings. The van der Waals surface area contributed by atoms with Crippen molar-refractivity contribution < 1.29 is 9.59 Å². The van der Waals surface area contributed by atoms with E-state index >= 15 is 0 Å². The molecule has 37 heavy (non-hydrogen) atoms. The van der Waals surface area contributed by atoms with Gasteiger partial charge in [-0.3, -0.25) is 14.2 Å². The van der Waals surface area contributed by atoms with Crippen LogP contribution in [0.15, 0.2) is 59.1 Å². The number of benzene rings is 2. The average molecular weight is 574 g/mol. The van der Waals surface area contributed by atoms with Gasteiger partial charge < -0.3 is 10.6 Å². The first-order valence-corrected chi connectivity index (χ1v) is 14.2. The number of hydrogen-bond acceptors (Lipinski definition) is 7.